The van der Waals surface area contributed by atoms with E-state index in [0.29, 0.717) is 0 Å². The Balaban J connectivity index is 2.60. The molecule has 0 aromatic carbocycles. The van der Waals surface area contributed by atoms with Gasteiger partial charge < -0.3 is 4.55 Å². The largest absolute Gasteiger partial charge is 0.598 e. The topological polar surface area (TPSA) is 35.1 Å². The lowest BCUT2D eigenvalue weighted by Gasteiger charge is -2.26. The van der Waals surface area contributed by atoms with Gasteiger partial charge in [-0.3, -0.25) is 0 Å². The lowest BCUT2D eigenvalue weighted by atomic mass is 10.3. The van der Waals surface area contributed by atoms with Gasteiger partial charge >= 0.3 is 0 Å². The Morgan fingerprint density at radius 2 is 2.13 bits per heavy atom. The molecule has 0 aliphatic rings. The smallest absolute Gasteiger partial charge is 0.136 e. The molecule has 0 fully saturated rings. The SMILES string of the molecule is C[C@H](N[S@@+]([O-])C(C)(C)C)c1cc(Br)cs1. The van der Waals surface area contributed by atoms with Crippen molar-refractivity contribution in [3.05, 3.63) is 20.8 Å². The zero-order chi connectivity index (χ0) is 11.6. The summed E-state index contributed by atoms with van der Waals surface area (Å²) in [5.41, 5.74) is 0. The van der Waals surface area contributed by atoms with Crippen LogP contribution in [0.2, 0.25) is 0 Å². The molecule has 5 heteroatoms. The second-order valence-electron chi connectivity index (χ2n) is 4.39. The molecule has 0 unspecified atom stereocenters. The Morgan fingerprint density at radius 3 is 2.53 bits per heavy atom. The molecule has 0 saturated heterocycles. The van der Waals surface area contributed by atoms with Crippen molar-refractivity contribution in [1.82, 2.24) is 4.72 Å². The van der Waals surface area contributed by atoms with E-state index in [0.717, 1.165) is 4.47 Å². The molecule has 1 aromatic heterocycles. The van der Waals surface area contributed by atoms with Gasteiger partial charge in [-0.05, 0) is 49.7 Å². The first-order chi connectivity index (χ1) is 6.80. The number of hydrogen-bond donors (Lipinski definition) is 1. The van der Waals surface area contributed by atoms with Gasteiger partial charge in [0.05, 0.1) is 6.04 Å². The summed E-state index contributed by atoms with van der Waals surface area (Å²) in [6.07, 6.45) is 0. The summed E-state index contributed by atoms with van der Waals surface area (Å²) in [4.78, 5) is 1.19. The van der Waals surface area contributed by atoms with Crippen molar-refractivity contribution in [2.45, 2.75) is 38.5 Å². The molecule has 0 bridgehead atoms. The third-order valence-corrected chi connectivity index (χ3v) is 5.41. The van der Waals surface area contributed by atoms with Crippen LogP contribution in [0.1, 0.15) is 38.6 Å². The summed E-state index contributed by atoms with van der Waals surface area (Å²) >= 11 is 4.06. The fraction of sp³-hybridized carbons (Fsp3) is 0.600. The number of hydrogen-bond acceptors (Lipinski definition) is 3. The summed E-state index contributed by atoms with van der Waals surface area (Å²) in [5, 5.41) is 2.04. The molecule has 2 atom stereocenters. The molecule has 0 radical (unpaired) electrons. The highest BCUT2D eigenvalue weighted by molar-refractivity contribution is 9.10. The normalized spacial score (nSPS) is 16.4. The van der Waals surface area contributed by atoms with Gasteiger partial charge in [-0.1, -0.05) is 0 Å². The Bertz CT molecular complexity index is 321. The van der Waals surface area contributed by atoms with E-state index in [4.69, 9.17) is 0 Å². The van der Waals surface area contributed by atoms with E-state index in [9.17, 15) is 4.55 Å². The minimum atomic E-state index is -1.02. The van der Waals surface area contributed by atoms with Gasteiger partial charge in [0.2, 0.25) is 0 Å². The maximum Gasteiger partial charge on any atom is 0.136 e. The van der Waals surface area contributed by atoms with E-state index in [2.05, 4.69) is 26.7 Å². The van der Waals surface area contributed by atoms with E-state index in [1.807, 2.05) is 33.1 Å². The van der Waals surface area contributed by atoms with Gasteiger partial charge in [0.1, 0.15) is 4.75 Å². The van der Waals surface area contributed by atoms with Crippen molar-refractivity contribution in [3.8, 4) is 0 Å². The Morgan fingerprint density at radius 1 is 1.53 bits per heavy atom. The average molecular weight is 310 g/mol. The molecule has 0 amide bonds. The van der Waals surface area contributed by atoms with Crippen LogP contribution in [-0.2, 0) is 11.4 Å². The predicted molar refractivity (Wildman–Crippen MR) is 71.5 cm³/mol. The highest BCUT2D eigenvalue weighted by Gasteiger charge is 2.28. The van der Waals surface area contributed by atoms with Crippen molar-refractivity contribution < 1.29 is 4.55 Å². The van der Waals surface area contributed by atoms with Crippen LogP contribution < -0.4 is 4.72 Å². The fourth-order valence-corrected chi connectivity index (χ4v) is 3.28. The van der Waals surface area contributed by atoms with Crippen LogP contribution in [0.3, 0.4) is 0 Å². The highest BCUT2D eigenvalue weighted by Crippen LogP contribution is 2.27. The van der Waals surface area contributed by atoms with Crippen molar-refractivity contribution in [2.75, 3.05) is 0 Å². The Labute approximate surface area is 107 Å². The zero-order valence-electron chi connectivity index (χ0n) is 9.33. The van der Waals surface area contributed by atoms with E-state index in [1.165, 1.54) is 4.88 Å². The first kappa shape index (κ1) is 13.5. The third kappa shape index (κ3) is 4.07. The molecule has 15 heavy (non-hydrogen) atoms. The second kappa shape index (κ2) is 5.19. The molecule has 1 N–H and O–H groups in total. The van der Waals surface area contributed by atoms with E-state index < -0.39 is 11.4 Å². The fourth-order valence-electron chi connectivity index (χ4n) is 0.951. The molecule has 86 valence electrons. The van der Waals surface area contributed by atoms with Gasteiger partial charge in [-0.2, -0.15) is 0 Å². The maximum atomic E-state index is 11.8. The summed E-state index contributed by atoms with van der Waals surface area (Å²) in [6, 6.07) is 2.18. The highest BCUT2D eigenvalue weighted by atomic mass is 79.9. The monoisotopic (exact) mass is 309 g/mol. The first-order valence-corrected chi connectivity index (χ1v) is 7.55. The van der Waals surface area contributed by atoms with Crippen LogP contribution >= 0.6 is 27.3 Å². The molecule has 1 rings (SSSR count). The van der Waals surface area contributed by atoms with Crippen molar-refractivity contribution in [3.63, 3.8) is 0 Å². The molecular weight excluding hydrogens is 294 g/mol. The second-order valence-corrected chi connectivity index (χ2v) is 8.24. The lowest BCUT2D eigenvalue weighted by molar-refractivity contribution is 0.532. The third-order valence-electron chi connectivity index (χ3n) is 1.85. The summed E-state index contributed by atoms with van der Waals surface area (Å²) < 4.78 is 15.8. The van der Waals surface area contributed by atoms with Crippen LogP contribution in [0.4, 0.5) is 0 Å². The van der Waals surface area contributed by atoms with Gasteiger partial charge in [-0.25, -0.2) is 0 Å². The molecule has 2 nitrogen and oxygen atoms in total. The number of halogens is 1. The van der Waals surface area contributed by atoms with Crippen LogP contribution in [-0.4, -0.2) is 9.30 Å². The van der Waals surface area contributed by atoms with Crippen LogP contribution in [0.5, 0.6) is 0 Å². The van der Waals surface area contributed by atoms with Crippen molar-refractivity contribution in [2.24, 2.45) is 0 Å². The van der Waals surface area contributed by atoms with Gasteiger partial charge in [0, 0.05) is 26.1 Å². The number of nitrogens with one attached hydrogen (secondary N) is 1. The standard InChI is InChI=1S/C10H16BrNOS2/c1-7(9-5-8(11)6-14-9)12-15(13)10(2,3)4/h5-7,12H,1-4H3/t7-,15-/m0/s1. The first-order valence-electron chi connectivity index (χ1n) is 4.72. The van der Waals surface area contributed by atoms with Crippen LogP contribution in [0.15, 0.2) is 15.9 Å². The van der Waals surface area contributed by atoms with Crippen molar-refractivity contribution in [1.29, 1.82) is 0 Å². The minimum Gasteiger partial charge on any atom is -0.598 e. The van der Waals surface area contributed by atoms with Gasteiger partial charge in [0.15, 0.2) is 0 Å². The molecule has 1 aromatic rings. The number of thiophene rings is 1. The average Bonchev–Trinajstić information content (AvgIpc) is 2.50. The summed E-state index contributed by atoms with van der Waals surface area (Å²) in [5.74, 6) is 0. The van der Waals surface area contributed by atoms with Crippen molar-refractivity contribution >= 4 is 38.6 Å². The molecule has 0 saturated carbocycles. The van der Waals surface area contributed by atoms with Gasteiger partial charge in [0.25, 0.3) is 0 Å². The minimum absolute atomic E-state index is 0.126. The zero-order valence-corrected chi connectivity index (χ0v) is 12.6. The van der Waals surface area contributed by atoms with Gasteiger partial charge in [-0.15, -0.1) is 16.1 Å². The number of rotatable bonds is 3. The van der Waals surface area contributed by atoms with E-state index in [1.54, 1.807) is 11.3 Å². The Kier molecular flexibility index (Phi) is 4.67. The molecule has 0 aliphatic heterocycles. The lowest BCUT2D eigenvalue weighted by Crippen LogP contribution is -2.40. The van der Waals surface area contributed by atoms with Crippen LogP contribution in [0.25, 0.3) is 0 Å². The molecule has 0 spiro atoms. The molecular formula is C10H16BrNOS2. The van der Waals surface area contributed by atoms with Crippen LogP contribution in [0, 0.1) is 0 Å². The summed E-state index contributed by atoms with van der Waals surface area (Å²) in [7, 11) is 0. The molecule has 1 heterocycles. The maximum absolute atomic E-state index is 11.8. The Hall–Kier alpha value is 0.450. The molecule has 0 aliphatic carbocycles. The van der Waals surface area contributed by atoms with E-state index >= 15 is 0 Å². The quantitative estimate of drug-likeness (QED) is 0.865. The van der Waals surface area contributed by atoms with E-state index in [-0.39, 0.29) is 10.8 Å². The predicted octanol–water partition coefficient (Wildman–Crippen LogP) is 3.62. The summed E-state index contributed by atoms with van der Waals surface area (Å²) in [6.45, 7) is 7.93.